The summed E-state index contributed by atoms with van der Waals surface area (Å²) >= 11 is 0. The van der Waals surface area contributed by atoms with Gasteiger partial charge in [-0.05, 0) is 18.9 Å². The van der Waals surface area contributed by atoms with Crippen molar-refractivity contribution in [3.8, 4) is 0 Å². The zero-order valence-corrected chi connectivity index (χ0v) is 10.8. The number of carbonyl (C=O) groups is 1. The molecule has 2 unspecified atom stereocenters. The van der Waals surface area contributed by atoms with Crippen LogP contribution in [0.1, 0.15) is 26.7 Å². The standard InChI is InChI=1S/C11H21NO3S/c1-3-16(14,15)6-4-5-11(13)10-8-12-7-9(10)2/h9-10,12H,3-8H2,1-2H3. The molecule has 1 saturated heterocycles. The van der Waals surface area contributed by atoms with Crippen molar-refractivity contribution in [3.05, 3.63) is 0 Å². The first-order valence-electron chi connectivity index (χ1n) is 5.90. The number of carbonyl (C=O) groups excluding carboxylic acids is 1. The van der Waals surface area contributed by atoms with E-state index in [2.05, 4.69) is 12.2 Å². The number of rotatable bonds is 6. The summed E-state index contributed by atoms with van der Waals surface area (Å²) in [5, 5.41) is 3.18. The first-order chi connectivity index (χ1) is 7.46. The second-order valence-electron chi connectivity index (χ2n) is 4.55. The molecule has 0 bridgehead atoms. The normalized spacial score (nSPS) is 25.9. The van der Waals surface area contributed by atoms with Crippen LogP contribution in [0, 0.1) is 11.8 Å². The molecule has 0 aromatic carbocycles. The van der Waals surface area contributed by atoms with Crippen LogP contribution in [-0.4, -0.2) is 38.8 Å². The summed E-state index contributed by atoms with van der Waals surface area (Å²) in [5.74, 6) is 0.996. The van der Waals surface area contributed by atoms with E-state index in [1.807, 2.05) is 0 Å². The van der Waals surface area contributed by atoms with E-state index in [0.29, 0.717) is 18.8 Å². The van der Waals surface area contributed by atoms with Crippen molar-refractivity contribution in [2.24, 2.45) is 11.8 Å². The molecule has 0 aromatic heterocycles. The van der Waals surface area contributed by atoms with Gasteiger partial charge in [-0.15, -0.1) is 0 Å². The lowest BCUT2D eigenvalue weighted by atomic mass is 9.91. The van der Waals surface area contributed by atoms with E-state index in [4.69, 9.17) is 0 Å². The summed E-state index contributed by atoms with van der Waals surface area (Å²) in [6, 6.07) is 0. The lowest BCUT2D eigenvalue weighted by molar-refractivity contribution is -0.123. The van der Waals surface area contributed by atoms with E-state index >= 15 is 0 Å². The van der Waals surface area contributed by atoms with Gasteiger partial charge in [0.05, 0.1) is 5.75 Å². The highest BCUT2D eigenvalue weighted by atomic mass is 32.2. The number of hydrogen-bond donors (Lipinski definition) is 1. The van der Waals surface area contributed by atoms with Crippen molar-refractivity contribution in [3.63, 3.8) is 0 Å². The van der Waals surface area contributed by atoms with Gasteiger partial charge in [0, 0.05) is 24.6 Å². The highest BCUT2D eigenvalue weighted by Gasteiger charge is 2.28. The predicted octanol–water partition coefficient (Wildman–Crippen LogP) is 0.626. The molecule has 0 saturated carbocycles. The third kappa shape index (κ3) is 3.87. The van der Waals surface area contributed by atoms with Gasteiger partial charge in [-0.25, -0.2) is 8.42 Å². The van der Waals surface area contributed by atoms with Crippen molar-refractivity contribution in [2.75, 3.05) is 24.6 Å². The van der Waals surface area contributed by atoms with Gasteiger partial charge < -0.3 is 5.32 Å². The van der Waals surface area contributed by atoms with Gasteiger partial charge in [-0.1, -0.05) is 13.8 Å². The number of Topliss-reactive ketones (excluding diaryl/α,β-unsaturated/α-hetero) is 1. The molecule has 0 spiro atoms. The first kappa shape index (κ1) is 13.6. The third-order valence-corrected chi connectivity index (χ3v) is 5.04. The molecule has 1 heterocycles. The number of nitrogens with one attached hydrogen (secondary N) is 1. The van der Waals surface area contributed by atoms with Gasteiger partial charge in [-0.3, -0.25) is 4.79 Å². The van der Waals surface area contributed by atoms with Crippen LogP contribution in [0.3, 0.4) is 0 Å². The van der Waals surface area contributed by atoms with Crippen LogP contribution in [0.4, 0.5) is 0 Å². The molecule has 1 fully saturated rings. The van der Waals surface area contributed by atoms with Crippen molar-refractivity contribution in [1.82, 2.24) is 5.32 Å². The topological polar surface area (TPSA) is 63.2 Å². The smallest absolute Gasteiger partial charge is 0.150 e. The Morgan fingerprint density at radius 2 is 2.06 bits per heavy atom. The summed E-state index contributed by atoms with van der Waals surface area (Å²) in [6.45, 7) is 5.34. The van der Waals surface area contributed by atoms with Crippen LogP contribution in [0.15, 0.2) is 0 Å². The van der Waals surface area contributed by atoms with Gasteiger partial charge in [0.1, 0.15) is 15.6 Å². The second kappa shape index (κ2) is 5.77. The Hall–Kier alpha value is -0.420. The van der Waals surface area contributed by atoms with E-state index in [9.17, 15) is 13.2 Å². The molecule has 1 N–H and O–H groups in total. The molecular weight excluding hydrogens is 226 g/mol. The summed E-state index contributed by atoms with van der Waals surface area (Å²) < 4.78 is 22.5. The largest absolute Gasteiger partial charge is 0.316 e. The Kier molecular flexibility index (Phi) is 4.92. The minimum atomic E-state index is -2.92. The second-order valence-corrected chi connectivity index (χ2v) is 7.02. The lowest BCUT2D eigenvalue weighted by Crippen LogP contribution is -2.22. The highest BCUT2D eigenvalue weighted by molar-refractivity contribution is 7.91. The Balaban J connectivity index is 2.30. The molecule has 0 aliphatic carbocycles. The lowest BCUT2D eigenvalue weighted by Gasteiger charge is -2.12. The number of hydrogen-bond acceptors (Lipinski definition) is 4. The molecule has 0 amide bonds. The minimum absolute atomic E-state index is 0.0873. The molecule has 16 heavy (non-hydrogen) atoms. The molecule has 4 nitrogen and oxygen atoms in total. The summed E-state index contributed by atoms with van der Waals surface area (Å²) in [5.41, 5.74) is 0. The fraction of sp³-hybridized carbons (Fsp3) is 0.909. The van der Waals surface area contributed by atoms with Crippen molar-refractivity contribution in [1.29, 1.82) is 0 Å². The number of ketones is 1. The van der Waals surface area contributed by atoms with Crippen LogP contribution < -0.4 is 5.32 Å². The maximum atomic E-state index is 11.8. The zero-order chi connectivity index (χ0) is 12.2. The fourth-order valence-electron chi connectivity index (χ4n) is 2.04. The highest BCUT2D eigenvalue weighted by Crippen LogP contribution is 2.19. The van der Waals surface area contributed by atoms with E-state index in [0.717, 1.165) is 13.1 Å². The van der Waals surface area contributed by atoms with Crippen molar-refractivity contribution in [2.45, 2.75) is 26.7 Å². The van der Waals surface area contributed by atoms with Gasteiger partial charge >= 0.3 is 0 Å². The van der Waals surface area contributed by atoms with Gasteiger partial charge in [0.15, 0.2) is 0 Å². The quantitative estimate of drug-likeness (QED) is 0.747. The maximum absolute atomic E-state index is 11.8. The molecule has 0 radical (unpaired) electrons. The molecule has 5 heteroatoms. The predicted molar refractivity (Wildman–Crippen MR) is 64.1 cm³/mol. The molecule has 1 aliphatic rings. The van der Waals surface area contributed by atoms with Crippen LogP contribution in [0.2, 0.25) is 0 Å². The molecule has 2 atom stereocenters. The number of sulfone groups is 1. The maximum Gasteiger partial charge on any atom is 0.150 e. The van der Waals surface area contributed by atoms with E-state index < -0.39 is 9.84 Å². The fourth-order valence-corrected chi connectivity index (χ4v) is 2.91. The third-order valence-electron chi connectivity index (χ3n) is 3.25. The van der Waals surface area contributed by atoms with Crippen molar-refractivity contribution >= 4 is 15.6 Å². The van der Waals surface area contributed by atoms with Gasteiger partial charge in [0.2, 0.25) is 0 Å². The van der Waals surface area contributed by atoms with Crippen LogP contribution in [0.25, 0.3) is 0 Å². The van der Waals surface area contributed by atoms with Gasteiger partial charge in [-0.2, -0.15) is 0 Å². The van der Waals surface area contributed by atoms with Crippen molar-refractivity contribution < 1.29 is 13.2 Å². The van der Waals surface area contributed by atoms with E-state index in [1.165, 1.54) is 0 Å². The SMILES string of the molecule is CCS(=O)(=O)CCCC(=O)C1CNCC1C. The molecule has 94 valence electrons. The minimum Gasteiger partial charge on any atom is -0.316 e. The van der Waals surface area contributed by atoms with Gasteiger partial charge in [0.25, 0.3) is 0 Å². The van der Waals surface area contributed by atoms with Crippen LogP contribution in [-0.2, 0) is 14.6 Å². The average Bonchev–Trinajstić information content (AvgIpc) is 2.64. The Labute approximate surface area is 97.7 Å². The molecule has 0 aromatic rings. The zero-order valence-electron chi connectivity index (χ0n) is 10.0. The van der Waals surface area contributed by atoms with Crippen LogP contribution in [0.5, 0.6) is 0 Å². The summed E-state index contributed by atoms with van der Waals surface area (Å²) in [6.07, 6.45) is 0.869. The Morgan fingerprint density at radius 3 is 2.56 bits per heavy atom. The van der Waals surface area contributed by atoms with E-state index in [1.54, 1.807) is 6.92 Å². The summed E-state index contributed by atoms with van der Waals surface area (Å²) in [7, 11) is -2.92. The van der Waals surface area contributed by atoms with E-state index in [-0.39, 0.29) is 23.2 Å². The molecule has 1 rings (SSSR count). The Morgan fingerprint density at radius 1 is 1.38 bits per heavy atom. The summed E-state index contributed by atoms with van der Waals surface area (Å²) in [4.78, 5) is 11.8. The molecule has 1 aliphatic heterocycles. The molecular formula is C11H21NO3S. The Bertz CT molecular complexity index is 337. The monoisotopic (exact) mass is 247 g/mol. The van der Waals surface area contributed by atoms with Crippen LogP contribution >= 0.6 is 0 Å². The average molecular weight is 247 g/mol. The first-order valence-corrected chi connectivity index (χ1v) is 7.72.